The molecule has 1 saturated carbocycles. The van der Waals surface area contributed by atoms with E-state index in [9.17, 15) is 0 Å². The number of nitrogens with one attached hydrogen (secondary N) is 1. The monoisotopic (exact) mass is 223 g/mol. The molecule has 1 heterocycles. The summed E-state index contributed by atoms with van der Waals surface area (Å²) in [5, 5.41) is 7.53. The van der Waals surface area contributed by atoms with Crippen molar-refractivity contribution in [2.45, 2.75) is 33.1 Å². The lowest BCUT2D eigenvalue weighted by atomic mass is 10.0. The second-order valence-corrected chi connectivity index (χ2v) is 5.88. The summed E-state index contributed by atoms with van der Waals surface area (Å²) in [7, 11) is 0. The minimum Gasteiger partial charge on any atom is -0.387 e. The number of nitrogens with two attached hydrogens (primary N) is 1. The number of nitrogens with zero attached hydrogens (tertiary/aromatic N) is 1. The molecule has 1 aliphatic carbocycles. The molecule has 1 aliphatic heterocycles. The largest absolute Gasteiger partial charge is 0.387 e. The number of hydrogen-bond acceptors (Lipinski definition) is 2. The van der Waals surface area contributed by atoms with Crippen molar-refractivity contribution in [3.63, 3.8) is 0 Å². The summed E-state index contributed by atoms with van der Waals surface area (Å²) in [6.07, 6.45) is 3.61. The Bertz CT molecular complexity index is 250. The van der Waals surface area contributed by atoms with Gasteiger partial charge < -0.3 is 10.6 Å². The van der Waals surface area contributed by atoms with E-state index in [-0.39, 0.29) is 0 Å². The minimum absolute atomic E-state index is 0.390. The molecule has 0 amide bonds. The van der Waals surface area contributed by atoms with E-state index in [2.05, 4.69) is 18.7 Å². The molecule has 0 aromatic carbocycles. The van der Waals surface area contributed by atoms with Gasteiger partial charge in [-0.3, -0.25) is 5.41 Å². The van der Waals surface area contributed by atoms with Crippen molar-refractivity contribution < 1.29 is 0 Å². The molecule has 92 valence electrons. The van der Waals surface area contributed by atoms with Crippen molar-refractivity contribution in [1.82, 2.24) is 4.90 Å². The molecule has 0 bridgehead atoms. The predicted molar refractivity (Wildman–Crippen MR) is 67.5 cm³/mol. The molecule has 0 radical (unpaired) electrons. The standard InChI is InChI=1S/C13H25N3/c1-3-9(2)6-16-7-11-4-10(13(14)15)5-12(11)8-16/h9-12H,3-8H2,1-2H3,(H3,14,15)/t9?,10?,11-,12+. The summed E-state index contributed by atoms with van der Waals surface area (Å²) < 4.78 is 0. The lowest BCUT2D eigenvalue weighted by molar-refractivity contribution is 0.261. The maximum atomic E-state index is 7.53. The van der Waals surface area contributed by atoms with E-state index in [0.29, 0.717) is 11.8 Å². The van der Waals surface area contributed by atoms with E-state index in [4.69, 9.17) is 11.1 Å². The molecule has 2 unspecified atom stereocenters. The van der Waals surface area contributed by atoms with Crippen molar-refractivity contribution >= 4 is 5.84 Å². The third-order valence-corrected chi connectivity index (χ3v) is 4.53. The predicted octanol–water partition coefficient (Wildman–Crippen LogP) is 1.93. The first-order valence-corrected chi connectivity index (χ1v) is 6.66. The molecular formula is C13H25N3. The van der Waals surface area contributed by atoms with Gasteiger partial charge in [0, 0.05) is 25.6 Å². The van der Waals surface area contributed by atoms with Crippen molar-refractivity contribution in [3.05, 3.63) is 0 Å². The van der Waals surface area contributed by atoms with Crippen molar-refractivity contribution in [3.8, 4) is 0 Å². The highest BCUT2D eigenvalue weighted by molar-refractivity contribution is 5.79. The fourth-order valence-electron chi connectivity index (χ4n) is 3.37. The fourth-order valence-corrected chi connectivity index (χ4v) is 3.37. The number of rotatable bonds is 4. The first-order valence-electron chi connectivity index (χ1n) is 6.66. The Kier molecular flexibility index (Phi) is 3.53. The molecule has 3 N–H and O–H groups in total. The Morgan fingerprint density at radius 1 is 1.38 bits per heavy atom. The maximum absolute atomic E-state index is 7.53. The second-order valence-electron chi connectivity index (χ2n) is 5.88. The van der Waals surface area contributed by atoms with Crippen LogP contribution in [0.15, 0.2) is 0 Å². The highest BCUT2D eigenvalue weighted by Gasteiger charge is 2.41. The van der Waals surface area contributed by atoms with E-state index in [1.807, 2.05) is 0 Å². The Morgan fingerprint density at radius 2 is 1.94 bits per heavy atom. The van der Waals surface area contributed by atoms with E-state index in [1.165, 1.54) is 26.1 Å². The molecule has 1 saturated heterocycles. The van der Waals surface area contributed by atoms with Crippen LogP contribution in [0, 0.1) is 29.1 Å². The van der Waals surface area contributed by atoms with Crippen molar-refractivity contribution in [2.24, 2.45) is 29.4 Å². The summed E-state index contributed by atoms with van der Waals surface area (Å²) >= 11 is 0. The van der Waals surface area contributed by atoms with Crippen LogP contribution in [0.4, 0.5) is 0 Å². The Balaban J connectivity index is 1.82. The van der Waals surface area contributed by atoms with Gasteiger partial charge in [-0.25, -0.2) is 0 Å². The molecule has 0 aromatic rings. The lowest BCUT2D eigenvalue weighted by Crippen LogP contribution is -2.29. The summed E-state index contributed by atoms with van der Waals surface area (Å²) in [4.78, 5) is 2.62. The fraction of sp³-hybridized carbons (Fsp3) is 0.923. The molecule has 0 aromatic heterocycles. The lowest BCUT2D eigenvalue weighted by Gasteiger charge is -2.21. The third kappa shape index (κ3) is 2.40. The Hall–Kier alpha value is -0.570. The number of hydrogen-bond donors (Lipinski definition) is 2. The van der Waals surface area contributed by atoms with Crippen molar-refractivity contribution in [1.29, 1.82) is 5.41 Å². The molecule has 2 fully saturated rings. The molecule has 2 rings (SSSR count). The van der Waals surface area contributed by atoms with Crippen LogP contribution in [0.3, 0.4) is 0 Å². The quantitative estimate of drug-likeness (QED) is 0.565. The maximum Gasteiger partial charge on any atom is 0.0937 e. The highest BCUT2D eigenvalue weighted by atomic mass is 15.2. The van der Waals surface area contributed by atoms with Gasteiger partial charge in [0.2, 0.25) is 0 Å². The Morgan fingerprint density at radius 3 is 2.38 bits per heavy atom. The average Bonchev–Trinajstić information content (AvgIpc) is 2.74. The van der Waals surface area contributed by atoms with Crippen LogP contribution in [0.2, 0.25) is 0 Å². The zero-order valence-corrected chi connectivity index (χ0v) is 10.6. The molecule has 3 nitrogen and oxygen atoms in total. The van der Waals surface area contributed by atoms with Crippen LogP contribution in [0.25, 0.3) is 0 Å². The van der Waals surface area contributed by atoms with E-state index in [0.717, 1.165) is 30.6 Å². The Labute approximate surface area is 98.9 Å². The van der Waals surface area contributed by atoms with E-state index in [1.54, 1.807) is 0 Å². The molecule has 16 heavy (non-hydrogen) atoms. The smallest absolute Gasteiger partial charge is 0.0937 e. The van der Waals surface area contributed by atoms with Gasteiger partial charge in [0.1, 0.15) is 0 Å². The van der Waals surface area contributed by atoms with Gasteiger partial charge in [0.05, 0.1) is 5.84 Å². The summed E-state index contributed by atoms with van der Waals surface area (Å²) in [6.45, 7) is 8.37. The number of likely N-dealkylation sites (tertiary alicyclic amines) is 1. The van der Waals surface area contributed by atoms with Gasteiger partial charge in [-0.15, -0.1) is 0 Å². The highest BCUT2D eigenvalue weighted by Crippen LogP contribution is 2.41. The van der Waals surface area contributed by atoms with Gasteiger partial charge >= 0.3 is 0 Å². The van der Waals surface area contributed by atoms with Gasteiger partial charge in [-0.2, -0.15) is 0 Å². The van der Waals surface area contributed by atoms with Crippen LogP contribution >= 0.6 is 0 Å². The number of amidine groups is 1. The van der Waals surface area contributed by atoms with E-state index >= 15 is 0 Å². The van der Waals surface area contributed by atoms with Gasteiger partial charge in [0.15, 0.2) is 0 Å². The third-order valence-electron chi connectivity index (χ3n) is 4.53. The second kappa shape index (κ2) is 4.74. The first-order chi connectivity index (χ1) is 7.60. The normalized spacial score (nSPS) is 36.2. The van der Waals surface area contributed by atoms with Crippen LogP contribution in [0.1, 0.15) is 33.1 Å². The molecule has 2 aliphatic rings. The van der Waals surface area contributed by atoms with Gasteiger partial charge in [0.25, 0.3) is 0 Å². The molecular weight excluding hydrogens is 198 g/mol. The van der Waals surface area contributed by atoms with Gasteiger partial charge in [-0.05, 0) is 30.6 Å². The number of fused-ring (bicyclic) bond motifs is 1. The summed E-state index contributed by atoms with van der Waals surface area (Å²) in [6, 6.07) is 0. The van der Waals surface area contributed by atoms with Gasteiger partial charge in [-0.1, -0.05) is 20.3 Å². The molecule has 0 spiro atoms. The zero-order chi connectivity index (χ0) is 11.7. The first kappa shape index (κ1) is 11.9. The average molecular weight is 223 g/mol. The summed E-state index contributed by atoms with van der Waals surface area (Å²) in [5.74, 6) is 3.27. The molecule has 4 atom stereocenters. The van der Waals surface area contributed by atoms with Crippen molar-refractivity contribution in [2.75, 3.05) is 19.6 Å². The SMILES string of the molecule is CCC(C)CN1C[C@H]2CC(C(=N)N)C[C@H]2C1. The summed E-state index contributed by atoms with van der Waals surface area (Å²) in [5.41, 5.74) is 5.61. The molecule has 3 heteroatoms. The van der Waals surface area contributed by atoms with Crippen LogP contribution < -0.4 is 5.73 Å². The zero-order valence-electron chi connectivity index (χ0n) is 10.6. The van der Waals surface area contributed by atoms with E-state index < -0.39 is 0 Å². The topological polar surface area (TPSA) is 53.1 Å². The minimum atomic E-state index is 0.390. The van der Waals surface area contributed by atoms with Crippen LogP contribution in [-0.4, -0.2) is 30.4 Å². The van der Waals surface area contributed by atoms with Crippen LogP contribution in [-0.2, 0) is 0 Å². The van der Waals surface area contributed by atoms with Crippen LogP contribution in [0.5, 0.6) is 0 Å².